The van der Waals surface area contributed by atoms with Gasteiger partial charge >= 0.3 is 0 Å². The maximum atomic E-state index is 12.4. The number of amides is 1. The predicted molar refractivity (Wildman–Crippen MR) is 68.8 cm³/mol. The van der Waals surface area contributed by atoms with Crippen molar-refractivity contribution in [1.29, 1.82) is 0 Å². The van der Waals surface area contributed by atoms with Crippen molar-refractivity contribution < 1.29 is 19.0 Å². The Bertz CT molecular complexity index is 514. The number of carbonyl (C=O) groups is 1. The molecule has 1 amide bonds. The highest BCUT2D eigenvalue weighted by molar-refractivity contribution is 5.97. The molecule has 0 aliphatic carbocycles. The molecule has 1 aromatic carbocycles. The van der Waals surface area contributed by atoms with E-state index in [-0.39, 0.29) is 18.8 Å². The molecule has 0 spiro atoms. The number of ether oxygens (including phenoxy) is 3. The van der Waals surface area contributed by atoms with Crippen molar-refractivity contribution >= 4 is 5.91 Å². The van der Waals surface area contributed by atoms with E-state index in [0.29, 0.717) is 22.8 Å². The third-order valence-electron chi connectivity index (χ3n) is 3.48. The Morgan fingerprint density at radius 2 is 1.95 bits per heavy atom. The smallest absolute Gasteiger partial charge is 0.257 e. The molecule has 2 aliphatic rings. The van der Waals surface area contributed by atoms with E-state index in [0.717, 1.165) is 19.4 Å². The van der Waals surface area contributed by atoms with Crippen molar-refractivity contribution in [1.82, 2.24) is 4.90 Å². The molecule has 0 radical (unpaired) electrons. The summed E-state index contributed by atoms with van der Waals surface area (Å²) in [6.07, 6.45) is 1.94. The van der Waals surface area contributed by atoms with E-state index in [1.807, 2.05) is 14.0 Å². The van der Waals surface area contributed by atoms with Gasteiger partial charge in [0.2, 0.25) is 6.79 Å². The molecule has 0 saturated carbocycles. The zero-order valence-corrected chi connectivity index (χ0v) is 11.1. The summed E-state index contributed by atoms with van der Waals surface area (Å²) in [6, 6.07) is 3.47. The quantitative estimate of drug-likeness (QED) is 0.718. The average Bonchev–Trinajstić information content (AvgIpc) is 2.84. The summed E-state index contributed by atoms with van der Waals surface area (Å²) in [5.41, 5.74) is 0.542. The van der Waals surface area contributed by atoms with Crippen LogP contribution in [0.1, 0.15) is 30.1 Å². The van der Waals surface area contributed by atoms with E-state index in [4.69, 9.17) is 14.2 Å². The van der Waals surface area contributed by atoms with Crippen molar-refractivity contribution in [3.05, 3.63) is 17.7 Å². The van der Waals surface area contributed by atoms with Gasteiger partial charge in [0.05, 0.1) is 11.7 Å². The lowest BCUT2D eigenvalue weighted by atomic mass is 10.1. The molecule has 2 heterocycles. The Labute approximate surface area is 112 Å². The third kappa shape index (κ3) is 2.20. The lowest BCUT2D eigenvalue weighted by Crippen LogP contribution is -2.27. The lowest BCUT2D eigenvalue weighted by molar-refractivity contribution is 0.0793. The van der Waals surface area contributed by atoms with Crippen LogP contribution in [0.2, 0.25) is 0 Å². The van der Waals surface area contributed by atoms with Crippen LogP contribution < -0.4 is 14.2 Å². The van der Waals surface area contributed by atoms with E-state index in [9.17, 15) is 4.79 Å². The molecular weight excluding hydrogens is 246 g/mol. The second-order valence-corrected chi connectivity index (χ2v) is 5.00. The number of benzene rings is 1. The fraction of sp³-hybridized carbons (Fsp3) is 0.500. The summed E-state index contributed by atoms with van der Waals surface area (Å²) in [5.74, 6) is 1.79. The van der Waals surface area contributed by atoms with Crippen molar-refractivity contribution in [2.75, 3.05) is 20.4 Å². The SMILES string of the molecule is CC1CCCN(C)C(=O)c2cc3c(cc2O1)OCO3. The van der Waals surface area contributed by atoms with E-state index in [2.05, 4.69) is 0 Å². The topological polar surface area (TPSA) is 48.0 Å². The second-order valence-electron chi connectivity index (χ2n) is 5.00. The van der Waals surface area contributed by atoms with Crippen LogP contribution in [0, 0.1) is 0 Å². The second kappa shape index (κ2) is 4.64. The van der Waals surface area contributed by atoms with E-state index >= 15 is 0 Å². The Balaban J connectivity index is 2.06. The number of carbonyl (C=O) groups excluding carboxylic acids is 1. The first-order valence-corrected chi connectivity index (χ1v) is 6.51. The minimum absolute atomic E-state index is 0.0394. The van der Waals surface area contributed by atoms with Gasteiger partial charge in [-0.25, -0.2) is 0 Å². The summed E-state index contributed by atoms with van der Waals surface area (Å²) in [6.45, 7) is 2.95. The van der Waals surface area contributed by atoms with Crippen LogP contribution in [-0.2, 0) is 0 Å². The highest BCUT2D eigenvalue weighted by Gasteiger charge is 2.25. The molecule has 0 fully saturated rings. The minimum Gasteiger partial charge on any atom is -0.490 e. The molecule has 1 unspecified atom stereocenters. The van der Waals surface area contributed by atoms with E-state index in [1.165, 1.54) is 0 Å². The van der Waals surface area contributed by atoms with Gasteiger partial charge < -0.3 is 19.1 Å². The first-order chi connectivity index (χ1) is 9.15. The maximum absolute atomic E-state index is 12.4. The van der Waals surface area contributed by atoms with Crippen LogP contribution in [0.15, 0.2) is 12.1 Å². The summed E-state index contributed by atoms with van der Waals surface area (Å²) < 4.78 is 16.5. The molecule has 5 heteroatoms. The standard InChI is InChI=1S/C14H17NO4/c1-9-4-3-5-15(2)14(16)10-6-12-13(18-8-17-12)7-11(10)19-9/h6-7,9H,3-5,8H2,1-2H3. The molecule has 0 N–H and O–H groups in total. The molecule has 1 aromatic rings. The van der Waals surface area contributed by atoms with Crippen molar-refractivity contribution in [2.45, 2.75) is 25.9 Å². The summed E-state index contributed by atoms with van der Waals surface area (Å²) in [4.78, 5) is 14.1. The molecule has 2 aliphatic heterocycles. The van der Waals surface area contributed by atoms with Crippen molar-refractivity contribution in [2.24, 2.45) is 0 Å². The first-order valence-electron chi connectivity index (χ1n) is 6.51. The lowest BCUT2D eigenvalue weighted by Gasteiger charge is -2.17. The molecule has 0 saturated heterocycles. The van der Waals surface area contributed by atoms with Crippen LogP contribution in [0.4, 0.5) is 0 Å². The monoisotopic (exact) mass is 263 g/mol. The molecule has 0 bridgehead atoms. The zero-order chi connectivity index (χ0) is 13.4. The Morgan fingerprint density at radius 3 is 2.74 bits per heavy atom. The average molecular weight is 263 g/mol. The first kappa shape index (κ1) is 12.1. The fourth-order valence-electron chi connectivity index (χ4n) is 2.39. The molecule has 5 nitrogen and oxygen atoms in total. The number of nitrogens with zero attached hydrogens (tertiary/aromatic N) is 1. The van der Waals surface area contributed by atoms with Gasteiger partial charge in [0.15, 0.2) is 11.5 Å². The largest absolute Gasteiger partial charge is 0.490 e. The van der Waals surface area contributed by atoms with Crippen molar-refractivity contribution in [3.63, 3.8) is 0 Å². The fourth-order valence-corrected chi connectivity index (χ4v) is 2.39. The molecule has 3 rings (SSSR count). The van der Waals surface area contributed by atoms with Gasteiger partial charge in [0, 0.05) is 25.7 Å². The molecule has 1 atom stereocenters. The van der Waals surface area contributed by atoms with E-state index < -0.39 is 0 Å². The number of hydrogen-bond donors (Lipinski definition) is 0. The molecule has 19 heavy (non-hydrogen) atoms. The Kier molecular flexibility index (Phi) is 2.97. The maximum Gasteiger partial charge on any atom is 0.257 e. The van der Waals surface area contributed by atoms with Gasteiger partial charge in [-0.3, -0.25) is 4.79 Å². The van der Waals surface area contributed by atoms with Crippen LogP contribution in [-0.4, -0.2) is 37.3 Å². The summed E-state index contributed by atoms with van der Waals surface area (Å²) >= 11 is 0. The van der Waals surface area contributed by atoms with Crippen LogP contribution in [0.3, 0.4) is 0 Å². The predicted octanol–water partition coefficient (Wildman–Crippen LogP) is 2.05. The van der Waals surface area contributed by atoms with Gasteiger partial charge in [0.1, 0.15) is 5.75 Å². The number of hydrogen-bond acceptors (Lipinski definition) is 4. The summed E-state index contributed by atoms with van der Waals surface area (Å²) in [7, 11) is 1.81. The molecule has 0 aromatic heterocycles. The molecule has 102 valence electrons. The van der Waals surface area contributed by atoms with E-state index in [1.54, 1.807) is 17.0 Å². The highest BCUT2D eigenvalue weighted by atomic mass is 16.7. The van der Waals surface area contributed by atoms with Gasteiger partial charge in [0.25, 0.3) is 5.91 Å². The van der Waals surface area contributed by atoms with Crippen molar-refractivity contribution in [3.8, 4) is 17.2 Å². The normalized spacial score (nSPS) is 22.1. The number of rotatable bonds is 0. The van der Waals surface area contributed by atoms with Crippen LogP contribution in [0.25, 0.3) is 0 Å². The van der Waals surface area contributed by atoms with Crippen LogP contribution in [0.5, 0.6) is 17.2 Å². The van der Waals surface area contributed by atoms with Crippen LogP contribution >= 0.6 is 0 Å². The van der Waals surface area contributed by atoms with Gasteiger partial charge in [-0.15, -0.1) is 0 Å². The minimum atomic E-state index is -0.0394. The Morgan fingerprint density at radius 1 is 1.21 bits per heavy atom. The third-order valence-corrected chi connectivity index (χ3v) is 3.48. The van der Waals surface area contributed by atoms with Gasteiger partial charge in [-0.05, 0) is 19.8 Å². The van der Waals surface area contributed by atoms with Gasteiger partial charge in [-0.1, -0.05) is 0 Å². The zero-order valence-electron chi connectivity index (χ0n) is 11.1. The highest BCUT2D eigenvalue weighted by Crippen LogP contribution is 2.39. The number of fused-ring (bicyclic) bond motifs is 2. The Hall–Kier alpha value is -1.91. The van der Waals surface area contributed by atoms with Gasteiger partial charge in [-0.2, -0.15) is 0 Å². The molecular formula is C14H17NO4. The summed E-state index contributed by atoms with van der Waals surface area (Å²) in [5, 5.41) is 0.